The molecule has 0 unspecified atom stereocenters. The molecule has 2 atom stereocenters. The molecule has 0 aromatic heterocycles. The van der Waals surface area contributed by atoms with Crippen LogP contribution >= 0.6 is 23.4 Å². The van der Waals surface area contributed by atoms with Crippen molar-refractivity contribution in [3.63, 3.8) is 0 Å². The number of hydrogen-bond donors (Lipinski definition) is 2. The zero-order valence-corrected chi connectivity index (χ0v) is 18.0. The van der Waals surface area contributed by atoms with Gasteiger partial charge in [0.25, 0.3) is 0 Å². The number of carbonyl (C=O) groups is 3. The number of anilines is 1. The Hall–Kier alpha value is -3.28. The number of nitrogens with zero attached hydrogens (tertiary/aromatic N) is 1. The van der Waals surface area contributed by atoms with Crippen molar-refractivity contribution in [2.45, 2.75) is 5.92 Å². The fourth-order valence-electron chi connectivity index (χ4n) is 3.21. The third kappa shape index (κ3) is 5.26. The van der Waals surface area contributed by atoms with E-state index in [1.807, 2.05) is 0 Å². The molecule has 2 amide bonds. The molecule has 7 nitrogen and oxygen atoms in total. The summed E-state index contributed by atoms with van der Waals surface area (Å²) in [5.41, 5.74) is 1.41. The molecule has 0 bridgehead atoms. The van der Waals surface area contributed by atoms with Crippen molar-refractivity contribution in [1.82, 2.24) is 5.32 Å². The van der Waals surface area contributed by atoms with E-state index in [-0.39, 0.29) is 22.3 Å². The Bertz CT molecular complexity index is 1060. The molecule has 3 rings (SSSR count). The molecule has 0 aliphatic carbocycles. The average molecular weight is 456 g/mol. The van der Waals surface area contributed by atoms with Crippen LogP contribution in [0.15, 0.2) is 65.2 Å². The molecule has 0 saturated carbocycles. The van der Waals surface area contributed by atoms with Gasteiger partial charge < -0.3 is 15.4 Å². The minimum Gasteiger partial charge on any atom is -0.468 e. The molecule has 2 N–H and O–H groups in total. The van der Waals surface area contributed by atoms with Crippen LogP contribution in [-0.4, -0.2) is 30.6 Å². The van der Waals surface area contributed by atoms with Crippen LogP contribution in [0, 0.1) is 17.2 Å². The number of thioether (sulfide) groups is 1. The van der Waals surface area contributed by atoms with Crippen LogP contribution in [0.5, 0.6) is 0 Å². The average Bonchev–Trinajstić information content (AvgIpc) is 2.78. The number of hydrogen-bond acceptors (Lipinski definition) is 6. The van der Waals surface area contributed by atoms with Crippen LogP contribution in [-0.2, 0) is 19.1 Å². The fourth-order valence-corrected chi connectivity index (χ4v) is 4.18. The predicted octanol–water partition coefficient (Wildman–Crippen LogP) is 3.45. The summed E-state index contributed by atoms with van der Waals surface area (Å²) < 4.78 is 4.80. The zero-order chi connectivity index (χ0) is 22.4. The molecular formula is C22H18ClN3O4S. The van der Waals surface area contributed by atoms with E-state index in [1.165, 1.54) is 7.11 Å². The number of amides is 2. The van der Waals surface area contributed by atoms with Crippen LogP contribution in [0.2, 0.25) is 5.02 Å². The number of esters is 1. The Morgan fingerprint density at radius 1 is 1.19 bits per heavy atom. The monoisotopic (exact) mass is 455 g/mol. The number of allylic oxidation sites excluding steroid dienone is 1. The number of carbonyl (C=O) groups excluding carboxylic acids is 3. The van der Waals surface area contributed by atoms with E-state index < -0.39 is 23.7 Å². The molecule has 2 aromatic carbocycles. The molecule has 1 aliphatic heterocycles. The Morgan fingerprint density at radius 3 is 2.48 bits per heavy atom. The molecule has 2 aromatic rings. The van der Waals surface area contributed by atoms with Crippen LogP contribution in [0.25, 0.3) is 0 Å². The summed E-state index contributed by atoms with van der Waals surface area (Å²) in [6.45, 7) is 0. The van der Waals surface area contributed by atoms with Crippen molar-refractivity contribution in [3.8, 4) is 6.07 Å². The van der Waals surface area contributed by atoms with Crippen molar-refractivity contribution in [2.24, 2.45) is 5.92 Å². The van der Waals surface area contributed by atoms with E-state index >= 15 is 0 Å². The summed E-state index contributed by atoms with van der Waals surface area (Å²) in [6.07, 6.45) is 0. The van der Waals surface area contributed by atoms with Gasteiger partial charge in [0.15, 0.2) is 0 Å². The molecule has 31 heavy (non-hydrogen) atoms. The van der Waals surface area contributed by atoms with Crippen LogP contribution in [0.3, 0.4) is 0 Å². The first-order valence-electron chi connectivity index (χ1n) is 9.20. The van der Waals surface area contributed by atoms with Crippen molar-refractivity contribution in [3.05, 3.63) is 75.8 Å². The molecule has 0 spiro atoms. The summed E-state index contributed by atoms with van der Waals surface area (Å²) in [6, 6.07) is 17.5. The van der Waals surface area contributed by atoms with E-state index in [2.05, 4.69) is 16.7 Å². The van der Waals surface area contributed by atoms with E-state index in [0.29, 0.717) is 16.3 Å². The van der Waals surface area contributed by atoms with Crippen molar-refractivity contribution >= 4 is 46.8 Å². The summed E-state index contributed by atoms with van der Waals surface area (Å²) in [4.78, 5) is 37.4. The number of rotatable bonds is 6. The van der Waals surface area contributed by atoms with Gasteiger partial charge in [0.1, 0.15) is 5.92 Å². The highest BCUT2D eigenvalue weighted by atomic mass is 35.5. The summed E-state index contributed by atoms with van der Waals surface area (Å²) in [7, 11) is 1.19. The molecule has 0 saturated heterocycles. The van der Waals surface area contributed by atoms with Gasteiger partial charge in [0.05, 0.1) is 29.5 Å². The van der Waals surface area contributed by atoms with E-state index in [9.17, 15) is 19.6 Å². The second-order valence-electron chi connectivity index (χ2n) is 6.58. The predicted molar refractivity (Wildman–Crippen MR) is 118 cm³/mol. The molecule has 0 radical (unpaired) electrons. The number of benzene rings is 2. The molecule has 1 aliphatic rings. The first-order chi connectivity index (χ1) is 14.9. The first kappa shape index (κ1) is 22.4. The van der Waals surface area contributed by atoms with Gasteiger partial charge in [-0.05, 0) is 29.8 Å². The maximum atomic E-state index is 12.7. The van der Waals surface area contributed by atoms with Gasteiger partial charge in [-0.25, -0.2) is 0 Å². The molecule has 0 fully saturated rings. The lowest BCUT2D eigenvalue weighted by Gasteiger charge is -2.30. The van der Waals surface area contributed by atoms with E-state index in [4.69, 9.17) is 16.3 Å². The lowest BCUT2D eigenvalue weighted by Crippen LogP contribution is -2.44. The second kappa shape index (κ2) is 10.2. The molecule has 158 valence electrons. The van der Waals surface area contributed by atoms with Gasteiger partial charge in [0, 0.05) is 16.6 Å². The van der Waals surface area contributed by atoms with Gasteiger partial charge in [-0.15, -0.1) is 0 Å². The van der Waals surface area contributed by atoms with Crippen LogP contribution in [0.4, 0.5) is 5.69 Å². The lowest BCUT2D eigenvalue weighted by atomic mass is 9.78. The summed E-state index contributed by atoms with van der Waals surface area (Å²) in [5, 5.41) is 15.9. The molecule has 9 heteroatoms. The minimum absolute atomic E-state index is 0.0478. The Labute approximate surface area is 188 Å². The Kier molecular flexibility index (Phi) is 7.34. The number of nitriles is 1. The maximum absolute atomic E-state index is 12.7. The highest BCUT2D eigenvalue weighted by Crippen LogP contribution is 2.40. The zero-order valence-electron chi connectivity index (χ0n) is 16.4. The van der Waals surface area contributed by atoms with Crippen molar-refractivity contribution in [1.29, 1.82) is 5.26 Å². The number of nitrogens with one attached hydrogen (secondary N) is 2. The molecular weight excluding hydrogens is 438 g/mol. The minimum atomic E-state index is -1.20. The largest absolute Gasteiger partial charge is 0.468 e. The molecule has 1 heterocycles. The maximum Gasteiger partial charge on any atom is 0.319 e. The quantitative estimate of drug-likeness (QED) is 0.510. The second-order valence-corrected chi connectivity index (χ2v) is 8.00. The SMILES string of the molecule is COC(=O)[C@@H]1C(=O)NC(SCC(=O)Nc2ccc(Cl)cc2)=C(C#N)[C@H]1c1ccccc1. The summed E-state index contributed by atoms with van der Waals surface area (Å²) in [5.74, 6) is -3.70. The third-order valence-electron chi connectivity index (χ3n) is 4.62. The van der Waals surface area contributed by atoms with Crippen molar-refractivity contribution in [2.75, 3.05) is 18.2 Å². The van der Waals surface area contributed by atoms with Crippen LogP contribution < -0.4 is 10.6 Å². The highest BCUT2D eigenvalue weighted by molar-refractivity contribution is 8.03. The number of methoxy groups -OCH3 is 1. The van der Waals surface area contributed by atoms with E-state index in [0.717, 1.165) is 11.8 Å². The third-order valence-corrected chi connectivity index (χ3v) is 5.89. The topological polar surface area (TPSA) is 108 Å². The lowest BCUT2D eigenvalue weighted by molar-refractivity contribution is -0.150. The number of ether oxygens (including phenoxy) is 1. The number of halogens is 1. The van der Waals surface area contributed by atoms with Gasteiger partial charge in [-0.2, -0.15) is 5.26 Å². The Morgan fingerprint density at radius 2 is 1.87 bits per heavy atom. The van der Waals surface area contributed by atoms with Gasteiger partial charge in [-0.1, -0.05) is 53.7 Å². The van der Waals surface area contributed by atoms with Gasteiger partial charge in [-0.3, -0.25) is 14.4 Å². The normalized spacial score (nSPS) is 18.0. The smallest absolute Gasteiger partial charge is 0.319 e. The van der Waals surface area contributed by atoms with Crippen LogP contribution in [0.1, 0.15) is 11.5 Å². The summed E-state index contributed by atoms with van der Waals surface area (Å²) >= 11 is 6.86. The van der Waals surface area contributed by atoms with Gasteiger partial charge in [0.2, 0.25) is 11.8 Å². The fraction of sp³-hybridized carbons (Fsp3) is 0.182. The highest BCUT2D eigenvalue weighted by Gasteiger charge is 2.44. The first-order valence-corrected chi connectivity index (χ1v) is 10.6. The van der Waals surface area contributed by atoms with E-state index in [1.54, 1.807) is 54.6 Å². The standard InChI is InChI=1S/C22H18ClN3O4S/c1-30-22(29)19-18(13-5-3-2-4-6-13)16(11-24)21(26-20(19)28)31-12-17(27)25-15-9-7-14(23)8-10-15/h2-10,18-19H,12H2,1H3,(H,25,27)(H,26,28)/t18-,19+/m1/s1. The van der Waals surface area contributed by atoms with Gasteiger partial charge >= 0.3 is 5.97 Å². The van der Waals surface area contributed by atoms with Crippen molar-refractivity contribution < 1.29 is 19.1 Å². The Balaban J connectivity index is 1.85.